The van der Waals surface area contributed by atoms with E-state index in [1.807, 2.05) is 37.3 Å². The number of nitrogens with zero attached hydrogens (tertiary/aromatic N) is 2. The number of aromatic nitrogens is 2. The van der Waals surface area contributed by atoms with E-state index in [4.69, 9.17) is 9.47 Å². The van der Waals surface area contributed by atoms with Crippen molar-refractivity contribution < 1.29 is 19.1 Å². The third kappa shape index (κ3) is 3.41. The highest BCUT2D eigenvalue weighted by molar-refractivity contribution is 7.13. The summed E-state index contributed by atoms with van der Waals surface area (Å²) in [6.45, 7) is 3.51. The minimum atomic E-state index is -0.272. The first-order valence-corrected chi connectivity index (χ1v) is 10.5. The zero-order valence-electron chi connectivity index (χ0n) is 16.4. The number of thiophene rings is 1. The van der Waals surface area contributed by atoms with Crippen molar-refractivity contribution >= 4 is 23.2 Å². The van der Waals surface area contributed by atoms with E-state index < -0.39 is 0 Å². The number of carbonyl (C=O) groups excluding carboxylic acids is 2. The number of hydrogen-bond donors (Lipinski definition) is 2. The molecule has 0 unspecified atom stereocenters. The van der Waals surface area contributed by atoms with Gasteiger partial charge in [0.1, 0.15) is 0 Å². The fraction of sp³-hybridized carbons (Fsp3) is 0.286. The molecular formula is C21H20N4O4S. The van der Waals surface area contributed by atoms with Crippen molar-refractivity contribution in [1.82, 2.24) is 20.4 Å². The van der Waals surface area contributed by atoms with E-state index in [1.165, 1.54) is 11.3 Å². The van der Waals surface area contributed by atoms with Gasteiger partial charge in [0.05, 0.1) is 11.4 Å². The van der Waals surface area contributed by atoms with E-state index in [0.717, 1.165) is 21.7 Å². The van der Waals surface area contributed by atoms with Gasteiger partial charge in [-0.15, -0.1) is 11.3 Å². The van der Waals surface area contributed by atoms with E-state index in [-0.39, 0.29) is 18.6 Å². The van der Waals surface area contributed by atoms with Crippen LogP contribution in [0.3, 0.4) is 0 Å². The van der Waals surface area contributed by atoms with Crippen LogP contribution in [0.1, 0.15) is 41.9 Å². The number of aromatic amines is 1. The summed E-state index contributed by atoms with van der Waals surface area (Å²) in [7, 11) is 0. The van der Waals surface area contributed by atoms with Gasteiger partial charge in [-0.05, 0) is 36.8 Å². The quantitative estimate of drug-likeness (QED) is 0.671. The van der Waals surface area contributed by atoms with Gasteiger partial charge < -0.3 is 19.7 Å². The van der Waals surface area contributed by atoms with Crippen LogP contribution in [0.4, 0.5) is 0 Å². The average Bonchev–Trinajstić information content (AvgIpc) is 3.49. The Hall–Kier alpha value is -3.33. The van der Waals surface area contributed by atoms with Gasteiger partial charge in [-0.25, -0.2) is 0 Å². The van der Waals surface area contributed by atoms with Crippen LogP contribution in [0.2, 0.25) is 0 Å². The van der Waals surface area contributed by atoms with Crippen molar-refractivity contribution in [2.45, 2.75) is 26.4 Å². The van der Waals surface area contributed by atoms with Crippen molar-refractivity contribution in [2.75, 3.05) is 13.3 Å². The smallest absolute Gasteiger partial charge is 0.272 e. The molecule has 0 saturated carbocycles. The highest BCUT2D eigenvalue weighted by atomic mass is 32.1. The number of fused-ring (bicyclic) bond motifs is 2. The lowest BCUT2D eigenvalue weighted by Crippen LogP contribution is -2.36. The molecule has 2 aliphatic heterocycles. The molecule has 0 atom stereocenters. The summed E-state index contributed by atoms with van der Waals surface area (Å²) in [5.41, 5.74) is 2.94. The molecule has 0 saturated heterocycles. The molecule has 4 heterocycles. The lowest BCUT2D eigenvalue weighted by Gasteiger charge is -2.26. The minimum Gasteiger partial charge on any atom is -0.454 e. The molecule has 2 aromatic heterocycles. The Morgan fingerprint density at radius 2 is 2.10 bits per heavy atom. The zero-order chi connectivity index (χ0) is 20.7. The summed E-state index contributed by atoms with van der Waals surface area (Å²) in [4.78, 5) is 29.2. The Labute approximate surface area is 176 Å². The van der Waals surface area contributed by atoms with E-state index in [1.54, 1.807) is 4.90 Å². The lowest BCUT2D eigenvalue weighted by atomic mass is 10.0. The molecule has 5 rings (SSSR count). The number of carbonyl (C=O) groups is 2. The summed E-state index contributed by atoms with van der Waals surface area (Å²) >= 11 is 1.48. The van der Waals surface area contributed by atoms with Crippen LogP contribution in [0.25, 0.3) is 0 Å². The van der Waals surface area contributed by atoms with Gasteiger partial charge in [0, 0.05) is 35.6 Å². The number of H-pyrrole nitrogens is 1. The molecule has 1 aromatic carbocycles. The van der Waals surface area contributed by atoms with Crippen LogP contribution >= 0.6 is 11.3 Å². The topological polar surface area (TPSA) is 96.6 Å². The van der Waals surface area contributed by atoms with Gasteiger partial charge >= 0.3 is 0 Å². The summed E-state index contributed by atoms with van der Waals surface area (Å²) in [6.07, 6.45) is 0.647. The first-order chi connectivity index (χ1) is 14.6. The van der Waals surface area contributed by atoms with Crippen molar-refractivity contribution in [3.05, 3.63) is 62.6 Å². The number of rotatable bonds is 4. The van der Waals surface area contributed by atoms with Gasteiger partial charge in [-0.3, -0.25) is 14.7 Å². The van der Waals surface area contributed by atoms with Crippen molar-refractivity contribution in [2.24, 2.45) is 0 Å². The first kappa shape index (κ1) is 18.7. The Kier molecular flexibility index (Phi) is 4.66. The molecule has 30 heavy (non-hydrogen) atoms. The summed E-state index contributed by atoms with van der Waals surface area (Å²) in [5, 5.41) is 10.1. The molecule has 9 heteroatoms. The zero-order valence-corrected chi connectivity index (χ0v) is 17.2. The second kappa shape index (κ2) is 7.49. The molecular weight excluding hydrogens is 404 g/mol. The van der Waals surface area contributed by atoms with Crippen LogP contribution in [-0.4, -0.2) is 40.2 Å². The maximum Gasteiger partial charge on any atom is 0.272 e. The number of amides is 2. The molecule has 154 valence electrons. The van der Waals surface area contributed by atoms with E-state index in [0.29, 0.717) is 48.1 Å². The second-order valence-corrected chi connectivity index (χ2v) is 8.57. The predicted octanol–water partition coefficient (Wildman–Crippen LogP) is 2.64. The second-order valence-electron chi connectivity index (χ2n) is 7.29. The van der Waals surface area contributed by atoms with Gasteiger partial charge in [0.15, 0.2) is 17.2 Å². The number of aryl methyl sites for hydroxylation is 1. The molecule has 0 fully saturated rings. The van der Waals surface area contributed by atoms with Crippen molar-refractivity contribution in [3.63, 3.8) is 0 Å². The normalized spacial score (nSPS) is 14.5. The van der Waals surface area contributed by atoms with Crippen LogP contribution in [-0.2, 0) is 19.5 Å². The van der Waals surface area contributed by atoms with Gasteiger partial charge in [-0.2, -0.15) is 5.10 Å². The number of benzene rings is 1. The third-order valence-electron chi connectivity index (χ3n) is 5.28. The number of hydrogen-bond acceptors (Lipinski definition) is 6. The van der Waals surface area contributed by atoms with Gasteiger partial charge in [0.2, 0.25) is 6.79 Å². The molecule has 2 amide bonds. The Balaban J connectivity index is 1.28. The van der Waals surface area contributed by atoms with Crippen LogP contribution in [0.5, 0.6) is 11.5 Å². The maximum absolute atomic E-state index is 12.8. The highest BCUT2D eigenvalue weighted by Gasteiger charge is 2.28. The fourth-order valence-corrected chi connectivity index (χ4v) is 4.51. The molecule has 8 nitrogen and oxygen atoms in total. The molecule has 3 aromatic rings. The monoisotopic (exact) mass is 424 g/mol. The van der Waals surface area contributed by atoms with Crippen LogP contribution < -0.4 is 14.8 Å². The fourth-order valence-electron chi connectivity index (χ4n) is 3.68. The SMILES string of the molecule is Cc1ccc(C(=O)N2CCc3[nH]nc(C(=O)NCc4ccc5c(c4)OCO5)c3C2)s1. The van der Waals surface area contributed by atoms with Crippen molar-refractivity contribution in [3.8, 4) is 11.5 Å². The largest absolute Gasteiger partial charge is 0.454 e. The van der Waals surface area contributed by atoms with Crippen LogP contribution in [0, 0.1) is 6.92 Å². The first-order valence-electron chi connectivity index (χ1n) is 9.67. The Bertz CT molecular complexity index is 1140. The summed E-state index contributed by atoms with van der Waals surface area (Å²) < 4.78 is 10.7. The van der Waals surface area contributed by atoms with E-state index >= 15 is 0 Å². The molecule has 0 bridgehead atoms. The predicted molar refractivity (Wildman–Crippen MR) is 110 cm³/mol. The highest BCUT2D eigenvalue weighted by Crippen LogP contribution is 2.32. The van der Waals surface area contributed by atoms with E-state index in [9.17, 15) is 9.59 Å². The molecule has 0 radical (unpaired) electrons. The Morgan fingerprint density at radius 3 is 2.93 bits per heavy atom. The van der Waals surface area contributed by atoms with E-state index in [2.05, 4.69) is 15.5 Å². The van der Waals surface area contributed by atoms with Crippen LogP contribution in [0.15, 0.2) is 30.3 Å². The maximum atomic E-state index is 12.8. The summed E-state index contributed by atoms with van der Waals surface area (Å²) in [6, 6.07) is 9.37. The molecule has 0 aliphatic carbocycles. The van der Waals surface area contributed by atoms with Crippen molar-refractivity contribution in [1.29, 1.82) is 0 Å². The number of nitrogens with one attached hydrogen (secondary N) is 2. The molecule has 2 N–H and O–H groups in total. The minimum absolute atomic E-state index is 0.00771. The Morgan fingerprint density at radius 1 is 1.23 bits per heavy atom. The lowest BCUT2D eigenvalue weighted by molar-refractivity contribution is 0.0736. The average molecular weight is 424 g/mol. The number of ether oxygens (including phenoxy) is 2. The molecule has 0 spiro atoms. The molecule has 2 aliphatic rings. The third-order valence-corrected chi connectivity index (χ3v) is 6.27. The van der Waals surface area contributed by atoms with Gasteiger partial charge in [-0.1, -0.05) is 6.07 Å². The summed E-state index contributed by atoms with van der Waals surface area (Å²) in [5.74, 6) is 1.10. The van der Waals surface area contributed by atoms with Gasteiger partial charge in [0.25, 0.3) is 11.8 Å². The standard InChI is InChI=1S/C21H20N4O4S/c1-12-2-5-18(30-12)21(27)25-7-6-15-14(10-25)19(24-23-15)20(26)22-9-13-3-4-16-17(8-13)29-11-28-16/h2-5,8H,6-7,9-11H2,1H3,(H,22,26)(H,23,24).